The molecule has 4 nitrogen and oxygen atoms in total. The maximum atomic E-state index is 5.92. The molecule has 2 rings (SSSR count). The van der Waals surface area contributed by atoms with Crippen LogP contribution in [0.5, 0.6) is 0 Å². The number of nitrogens with two attached hydrogens (primary N) is 1. The molecule has 0 aliphatic heterocycles. The molecule has 1 aromatic heterocycles. The van der Waals surface area contributed by atoms with Gasteiger partial charge in [-0.2, -0.15) is 5.10 Å². The first-order valence-electron chi connectivity index (χ1n) is 5.88. The number of nitrogen functional groups attached to an aromatic ring is 1. The summed E-state index contributed by atoms with van der Waals surface area (Å²) in [5.41, 5.74) is 8.83. The highest BCUT2D eigenvalue weighted by atomic mass is 15.3. The summed E-state index contributed by atoms with van der Waals surface area (Å²) < 4.78 is 1.83. The van der Waals surface area contributed by atoms with Crippen molar-refractivity contribution in [1.29, 1.82) is 0 Å². The van der Waals surface area contributed by atoms with Gasteiger partial charge in [0.05, 0.1) is 0 Å². The first-order valence-corrected chi connectivity index (χ1v) is 5.88. The zero-order valence-corrected chi connectivity index (χ0v) is 10.6. The molecule has 0 saturated heterocycles. The van der Waals surface area contributed by atoms with Gasteiger partial charge in [0.25, 0.3) is 0 Å². The molecule has 0 radical (unpaired) electrons. The Morgan fingerprint density at radius 3 is 2.82 bits per heavy atom. The third kappa shape index (κ3) is 2.16. The fourth-order valence-electron chi connectivity index (χ4n) is 1.90. The van der Waals surface area contributed by atoms with Gasteiger partial charge in [-0.1, -0.05) is 19.1 Å². The molecule has 0 amide bonds. The minimum absolute atomic E-state index is 0.794. The predicted octanol–water partition coefficient (Wildman–Crippen LogP) is 2.33. The highest BCUT2D eigenvalue weighted by Crippen LogP contribution is 2.25. The van der Waals surface area contributed by atoms with Gasteiger partial charge in [-0.05, 0) is 25.0 Å². The Kier molecular flexibility index (Phi) is 3.13. The average molecular weight is 230 g/mol. The SMILES string of the molecule is CCCc1nc(-c2cccc(N)c2C)n(C)n1. The summed E-state index contributed by atoms with van der Waals surface area (Å²) in [6.45, 7) is 4.14. The van der Waals surface area contributed by atoms with Crippen LogP contribution >= 0.6 is 0 Å². The van der Waals surface area contributed by atoms with E-state index >= 15 is 0 Å². The number of aromatic nitrogens is 3. The summed E-state index contributed by atoms with van der Waals surface area (Å²) in [5.74, 6) is 1.78. The molecule has 0 atom stereocenters. The third-order valence-electron chi connectivity index (χ3n) is 2.90. The smallest absolute Gasteiger partial charge is 0.158 e. The van der Waals surface area contributed by atoms with Crippen LogP contribution in [0.1, 0.15) is 24.7 Å². The maximum Gasteiger partial charge on any atom is 0.158 e. The highest BCUT2D eigenvalue weighted by Gasteiger charge is 2.12. The number of benzene rings is 1. The molecule has 2 N–H and O–H groups in total. The molecule has 0 spiro atoms. The first kappa shape index (κ1) is 11.6. The number of anilines is 1. The predicted molar refractivity (Wildman–Crippen MR) is 69.6 cm³/mol. The van der Waals surface area contributed by atoms with Crippen molar-refractivity contribution in [3.63, 3.8) is 0 Å². The second kappa shape index (κ2) is 4.57. The van der Waals surface area contributed by atoms with Crippen molar-refractivity contribution >= 4 is 5.69 Å². The van der Waals surface area contributed by atoms with Crippen LogP contribution in [0.3, 0.4) is 0 Å². The van der Waals surface area contributed by atoms with E-state index in [-0.39, 0.29) is 0 Å². The number of hydrogen-bond acceptors (Lipinski definition) is 3. The van der Waals surface area contributed by atoms with E-state index in [4.69, 9.17) is 5.73 Å². The fourth-order valence-corrected chi connectivity index (χ4v) is 1.90. The van der Waals surface area contributed by atoms with Crippen LogP contribution in [-0.4, -0.2) is 14.8 Å². The fraction of sp³-hybridized carbons (Fsp3) is 0.385. The molecular weight excluding hydrogens is 212 g/mol. The number of hydrogen-bond donors (Lipinski definition) is 1. The van der Waals surface area contributed by atoms with Crippen molar-refractivity contribution in [2.75, 3.05) is 5.73 Å². The molecule has 2 aromatic rings. The quantitative estimate of drug-likeness (QED) is 0.823. The monoisotopic (exact) mass is 230 g/mol. The van der Waals surface area contributed by atoms with E-state index < -0.39 is 0 Å². The number of nitrogens with zero attached hydrogens (tertiary/aromatic N) is 3. The lowest BCUT2D eigenvalue weighted by Crippen LogP contribution is -1.98. The lowest BCUT2D eigenvalue weighted by molar-refractivity contribution is 0.737. The average Bonchev–Trinajstić information content (AvgIpc) is 2.64. The molecule has 0 saturated carbocycles. The summed E-state index contributed by atoms with van der Waals surface area (Å²) >= 11 is 0. The molecule has 0 fully saturated rings. The Morgan fingerprint density at radius 2 is 2.12 bits per heavy atom. The van der Waals surface area contributed by atoms with Crippen LogP contribution in [-0.2, 0) is 13.5 Å². The molecule has 1 heterocycles. The normalized spacial score (nSPS) is 10.8. The van der Waals surface area contributed by atoms with Crippen molar-refractivity contribution in [2.24, 2.45) is 7.05 Å². The Morgan fingerprint density at radius 1 is 1.35 bits per heavy atom. The van der Waals surface area contributed by atoms with E-state index in [1.807, 2.05) is 36.9 Å². The zero-order valence-electron chi connectivity index (χ0n) is 10.6. The summed E-state index contributed by atoms with van der Waals surface area (Å²) in [4.78, 5) is 4.57. The van der Waals surface area contributed by atoms with E-state index in [0.717, 1.165) is 41.3 Å². The number of rotatable bonds is 3. The molecule has 90 valence electrons. The second-order valence-corrected chi connectivity index (χ2v) is 4.25. The summed E-state index contributed by atoms with van der Waals surface area (Å²) in [7, 11) is 1.92. The molecule has 0 aliphatic rings. The Hall–Kier alpha value is -1.84. The van der Waals surface area contributed by atoms with Crippen LogP contribution in [0.2, 0.25) is 0 Å². The van der Waals surface area contributed by atoms with E-state index in [1.165, 1.54) is 0 Å². The lowest BCUT2D eigenvalue weighted by atomic mass is 10.1. The van der Waals surface area contributed by atoms with Gasteiger partial charge in [0.15, 0.2) is 11.6 Å². The molecule has 0 unspecified atom stereocenters. The van der Waals surface area contributed by atoms with Crippen LogP contribution in [0.25, 0.3) is 11.4 Å². The van der Waals surface area contributed by atoms with Gasteiger partial charge in [-0.25, -0.2) is 9.67 Å². The van der Waals surface area contributed by atoms with Gasteiger partial charge in [-0.3, -0.25) is 0 Å². The minimum Gasteiger partial charge on any atom is -0.398 e. The van der Waals surface area contributed by atoms with Gasteiger partial charge in [0, 0.05) is 24.7 Å². The third-order valence-corrected chi connectivity index (χ3v) is 2.90. The van der Waals surface area contributed by atoms with Crippen LogP contribution in [0.4, 0.5) is 5.69 Å². The van der Waals surface area contributed by atoms with Crippen LogP contribution in [0.15, 0.2) is 18.2 Å². The minimum atomic E-state index is 0.794. The topological polar surface area (TPSA) is 56.7 Å². The van der Waals surface area contributed by atoms with Crippen molar-refractivity contribution < 1.29 is 0 Å². The van der Waals surface area contributed by atoms with E-state index in [0.29, 0.717) is 0 Å². The van der Waals surface area contributed by atoms with Crippen molar-refractivity contribution in [3.8, 4) is 11.4 Å². The maximum absolute atomic E-state index is 5.92. The van der Waals surface area contributed by atoms with Gasteiger partial charge < -0.3 is 5.73 Å². The van der Waals surface area contributed by atoms with Crippen molar-refractivity contribution in [2.45, 2.75) is 26.7 Å². The van der Waals surface area contributed by atoms with Crippen molar-refractivity contribution in [1.82, 2.24) is 14.8 Å². The lowest BCUT2D eigenvalue weighted by Gasteiger charge is -2.06. The molecule has 4 heteroatoms. The summed E-state index contributed by atoms with van der Waals surface area (Å²) in [6, 6.07) is 5.89. The van der Waals surface area contributed by atoms with E-state index in [9.17, 15) is 0 Å². The van der Waals surface area contributed by atoms with Crippen LogP contribution in [0, 0.1) is 6.92 Å². The first-order chi connectivity index (χ1) is 8.13. The second-order valence-electron chi connectivity index (χ2n) is 4.25. The Labute approximate surface area is 101 Å². The van der Waals surface area contributed by atoms with E-state index in [1.54, 1.807) is 0 Å². The molecule has 1 aromatic carbocycles. The Balaban J connectivity index is 2.49. The van der Waals surface area contributed by atoms with E-state index in [2.05, 4.69) is 17.0 Å². The molecule has 17 heavy (non-hydrogen) atoms. The van der Waals surface area contributed by atoms with Gasteiger partial charge in [0.1, 0.15) is 0 Å². The highest BCUT2D eigenvalue weighted by molar-refractivity contribution is 5.67. The zero-order chi connectivity index (χ0) is 12.4. The Bertz CT molecular complexity index is 528. The van der Waals surface area contributed by atoms with Gasteiger partial charge >= 0.3 is 0 Å². The molecule has 0 bridgehead atoms. The number of aryl methyl sites for hydroxylation is 2. The largest absolute Gasteiger partial charge is 0.398 e. The van der Waals surface area contributed by atoms with Gasteiger partial charge in [0.2, 0.25) is 0 Å². The summed E-state index contributed by atoms with van der Waals surface area (Å²) in [5, 5.41) is 4.41. The standard InChI is InChI=1S/C13H18N4/c1-4-6-12-15-13(17(3)16-12)10-7-5-8-11(14)9(10)2/h5,7-8H,4,6,14H2,1-3H3. The van der Waals surface area contributed by atoms with Gasteiger partial charge in [-0.15, -0.1) is 0 Å². The summed E-state index contributed by atoms with van der Waals surface area (Å²) in [6.07, 6.45) is 1.97. The molecular formula is C13H18N4. The van der Waals surface area contributed by atoms with Crippen LogP contribution < -0.4 is 5.73 Å². The van der Waals surface area contributed by atoms with Crippen molar-refractivity contribution in [3.05, 3.63) is 29.6 Å². The molecule has 0 aliphatic carbocycles.